The van der Waals surface area contributed by atoms with Gasteiger partial charge in [0.15, 0.2) is 0 Å². The van der Waals surface area contributed by atoms with Gasteiger partial charge in [0.05, 0.1) is 0 Å². The second-order valence-electron chi connectivity index (χ2n) is 2.40. The Labute approximate surface area is 95.0 Å². The van der Waals surface area contributed by atoms with Gasteiger partial charge in [-0.15, -0.1) is 0 Å². The second kappa shape index (κ2) is 12.5. The summed E-state index contributed by atoms with van der Waals surface area (Å²) in [6.07, 6.45) is 0. The van der Waals surface area contributed by atoms with Crippen LogP contribution in [0.2, 0.25) is 0 Å². The van der Waals surface area contributed by atoms with Gasteiger partial charge in [0.25, 0.3) is 0 Å². The molecule has 0 heteroatoms. The van der Waals surface area contributed by atoms with E-state index < -0.39 is 0 Å². The van der Waals surface area contributed by atoms with Crippen molar-refractivity contribution >= 4 is 0 Å². The molecule has 0 bridgehead atoms. The molecule has 0 aliphatic rings. The van der Waals surface area contributed by atoms with Crippen LogP contribution in [0.25, 0.3) is 0 Å². The zero-order valence-electron chi connectivity index (χ0n) is 10.6. The highest BCUT2D eigenvalue weighted by molar-refractivity contribution is 5.38. The molecule has 0 spiro atoms. The molecule has 0 aliphatic heterocycles. The molecule has 0 saturated carbocycles. The fraction of sp³-hybridized carbons (Fsp3) is 0.333. The van der Waals surface area contributed by atoms with Crippen molar-refractivity contribution in [3.05, 3.63) is 48.0 Å². The Kier molecular flexibility index (Phi) is 13.3. The van der Waals surface area contributed by atoms with Gasteiger partial charge < -0.3 is 0 Å². The minimum absolute atomic E-state index is 0.897. The minimum atomic E-state index is 0.897. The van der Waals surface area contributed by atoms with Crippen molar-refractivity contribution in [2.24, 2.45) is 0 Å². The third kappa shape index (κ3) is 10.4. The number of allylic oxidation sites excluding steroid dienone is 1. The van der Waals surface area contributed by atoms with E-state index in [1.165, 1.54) is 0 Å². The molecule has 1 aromatic rings. The molecular weight excluding hydrogens is 180 g/mol. The first-order chi connectivity index (χ1) is 7.29. The predicted octanol–water partition coefficient (Wildman–Crippen LogP) is 4.67. The molecular formula is C15H22. The average molecular weight is 202 g/mol. The van der Waals surface area contributed by atoms with Gasteiger partial charge in [-0.3, -0.25) is 0 Å². The molecule has 82 valence electrons. The van der Waals surface area contributed by atoms with Crippen molar-refractivity contribution in [2.45, 2.75) is 34.6 Å². The predicted molar refractivity (Wildman–Crippen MR) is 70.8 cm³/mol. The van der Waals surface area contributed by atoms with E-state index in [-0.39, 0.29) is 0 Å². The van der Waals surface area contributed by atoms with Gasteiger partial charge in [-0.05, 0) is 24.6 Å². The van der Waals surface area contributed by atoms with Crippen LogP contribution in [-0.2, 0) is 0 Å². The zero-order valence-corrected chi connectivity index (χ0v) is 10.6. The van der Waals surface area contributed by atoms with Crippen LogP contribution in [0.5, 0.6) is 0 Å². The molecule has 15 heavy (non-hydrogen) atoms. The SMILES string of the molecule is C=C(C)C#Cc1ccccc1.CC.CC. The van der Waals surface area contributed by atoms with E-state index in [9.17, 15) is 0 Å². The van der Waals surface area contributed by atoms with Crippen LogP contribution in [0.3, 0.4) is 0 Å². The van der Waals surface area contributed by atoms with Crippen molar-refractivity contribution in [1.29, 1.82) is 0 Å². The van der Waals surface area contributed by atoms with E-state index in [1.54, 1.807) is 0 Å². The van der Waals surface area contributed by atoms with Crippen molar-refractivity contribution in [1.82, 2.24) is 0 Å². The average Bonchev–Trinajstić information content (AvgIpc) is 2.33. The summed E-state index contributed by atoms with van der Waals surface area (Å²) in [5.74, 6) is 5.91. The minimum Gasteiger partial charge on any atom is -0.0877 e. The van der Waals surface area contributed by atoms with Crippen molar-refractivity contribution in [3.63, 3.8) is 0 Å². The van der Waals surface area contributed by atoms with Gasteiger partial charge in [0, 0.05) is 5.56 Å². The molecule has 0 radical (unpaired) electrons. The van der Waals surface area contributed by atoms with Gasteiger partial charge >= 0.3 is 0 Å². The molecule has 1 aromatic carbocycles. The van der Waals surface area contributed by atoms with E-state index in [0.29, 0.717) is 0 Å². The van der Waals surface area contributed by atoms with Crippen LogP contribution < -0.4 is 0 Å². The molecule has 0 aliphatic carbocycles. The molecule has 0 nitrogen and oxygen atoms in total. The highest BCUT2D eigenvalue weighted by Gasteiger charge is 1.79. The third-order valence-electron chi connectivity index (χ3n) is 1.19. The summed E-state index contributed by atoms with van der Waals surface area (Å²) >= 11 is 0. The van der Waals surface area contributed by atoms with E-state index in [0.717, 1.165) is 11.1 Å². The Hall–Kier alpha value is -1.48. The lowest BCUT2D eigenvalue weighted by atomic mass is 10.2. The zero-order chi connectivity index (χ0) is 12.1. The molecule has 0 N–H and O–H groups in total. The highest BCUT2D eigenvalue weighted by Crippen LogP contribution is 1.95. The van der Waals surface area contributed by atoms with Crippen molar-refractivity contribution < 1.29 is 0 Å². The molecule has 0 heterocycles. The largest absolute Gasteiger partial charge is 0.0877 e. The van der Waals surface area contributed by atoms with E-state index in [2.05, 4.69) is 18.4 Å². The number of hydrogen-bond acceptors (Lipinski definition) is 0. The molecule has 0 saturated heterocycles. The first-order valence-electron chi connectivity index (χ1n) is 5.51. The monoisotopic (exact) mass is 202 g/mol. The molecule has 0 fully saturated rings. The maximum Gasteiger partial charge on any atom is 0.0248 e. The summed E-state index contributed by atoms with van der Waals surface area (Å²) in [5.41, 5.74) is 1.93. The smallest absolute Gasteiger partial charge is 0.0248 e. The van der Waals surface area contributed by atoms with Crippen LogP contribution in [0.4, 0.5) is 0 Å². The number of rotatable bonds is 0. The molecule has 0 atom stereocenters. The van der Waals surface area contributed by atoms with Crippen LogP contribution >= 0.6 is 0 Å². The van der Waals surface area contributed by atoms with Gasteiger partial charge in [0.1, 0.15) is 0 Å². The van der Waals surface area contributed by atoms with Crippen molar-refractivity contribution in [3.8, 4) is 11.8 Å². The Morgan fingerprint density at radius 1 is 1.00 bits per heavy atom. The molecule has 0 unspecified atom stereocenters. The molecule has 0 amide bonds. The maximum atomic E-state index is 3.70. The van der Waals surface area contributed by atoms with Gasteiger partial charge in [-0.1, -0.05) is 64.3 Å². The number of hydrogen-bond donors (Lipinski definition) is 0. The van der Waals surface area contributed by atoms with Crippen LogP contribution in [0.1, 0.15) is 40.2 Å². The van der Waals surface area contributed by atoms with Gasteiger partial charge in [-0.25, -0.2) is 0 Å². The second-order valence-corrected chi connectivity index (χ2v) is 2.40. The summed E-state index contributed by atoms with van der Waals surface area (Å²) in [6.45, 7) is 13.6. The van der Waals surface area contributed by atoms with Gasteiger partial charge in [-0.2, -0.15) is 0 Å². The quantitative estimate of drug-likeness (QED) is 0.536. The lowest BCUT2D eigenvalue weighted by Crippen LogP contribution is -1.70. The maximum absolute atomic E-state index is 3.70. The summed E-state index contributed by atoms with van der Waals surface area (Å²) < 4.78 is 0. The number of benzene rings is 1. The van der Waals surface area contributed by atoms with Crippen LogP contribution in [0, 0.1) is 11.8 Å². The first-order valence-corrected chi connectivity index (χ1v) is 5.51. The third-order valence-corrected chi connectivity index (χ3v) is 1.19. The van der Waals surface area contributed by atoms with Gasteiger partial charge in [0.2, 0.25) is 0 Å². The van der Waals surface area contributed by atoms with E-state index in [1.807, 2.05) is 65.0 Å². The van der Waals surface area contributed by atoms with E-state index in [4.69, 9.17) is 0 Å². The van der Waals surface area contributed by atoms with E-state index >= 15 is 0 Å². The van der Waals surface area contributed by atoms with Crippen LogP contribution in [0.15, 0.2) is 42.5 Å². The summed E-state index contributed by atoms with van der Waals surface area (Å²) in [5, 5.41) is 0. The summed E-state index contributed by atoms with van der Waals surface area (Å²) in [6, 6.07) is 9.89. The molecule has 0 aromatic heterocycles. The standard InChI is InChI=1S/C11H10.2C2H6/c1-10(2)8-9-11-6-4-3-5-7-11;2*1-2/h3-7H,1H2,2H3;2*1-2H3. The Bertz CT molecular complexity index is 296. The Morgan fingerprint density at radius 2 is 1.47 bits per heavy atom. The topological polar surface area (TPSA) is 0 Å². The highest BCUT2D eigenvalue weighted by atomic mass is 13.8. The lowest BCUT2D eigenvalue weighted by molar-refractivity contribution is 1.50. The Balaban J connectivity index is 0. The fourth-order valence-electron chi connectivity index (χ4n) is 0.700. The van der Waals surface area contributed by atoms with Crippen molar-refractivity contribution in [2.75, 3.05) is 0 Å². The van der Waals surface area contributed by atoms with Crippen LogP contribution in [-0.4, -0.2) is 0 Å². The first kappa shape index (κ1) is 16.0. The summed E-state index contributed by atoms with van der Waals surface area (Å²) in [7, 11) is 0. The normalized spacial score (nSPS) is 6.73. The summed E-state index contributed by atoms with van der Waals surface area (Å²) in [4.78, 5) is 0. The molecule has 1 rings (SSSR count). The fourth-order valence-corrected chi connectivity index (χ4v) is 0.700. The lowest BCUT2D eigenvalue weighted by Gasteiger charge is -1.85. The Morgan fingerprint density at radius 3 is 1.87 bits per heavy atom.